The van der Waals surface area contributed by atoms with Gasteiger partial charge in [-0.3, -0.25) is 0 Å². The van der Waals surface area contributed by atoms with Crippen LogP contribution in [0.4, 0.5) is 11.6 Å². The number of hydrogen-bond acceptors (Lipinski definition) is 5. The summed E-state index contributed by atoms with van der Waals surface area (Å²) < 4.78 is 0. The van der Waals surface area contributed by atoms with E-state index in [4.69, 9.17) is 0 Å². The minimum absolute atomic E-state index is 0.944. The standard InChI is InChI=1S/C15H29N5/c1-5-8-13-14(16-9-6-2)18-12-19-15(13)17-10-7-11-20(3)4/h12H,5-11H2,1-4H3,(H2,16,17,18,19). The van der Waals surface area contributed by atoms with Gasteiger partial charge < -0.3 is 15.5 Å². The van der Waals surface area contributed by atoms with E-state index in [1.54, 1.807) is 6.33 Å². The molecule has 20 heavy (non-hydrogen) atoms. The molecule has 1 aromatic rings. The minimum Gasteiger partial charge on any atom is -0.370 e. The molecule has 0 aliphatic heterocycles. The van der Waals surface area contributed by atoms with Gasteiger partial charge in [-0.1, -0.05) is 20.3 Å². The van der Waals surface area contributed by atoms with Crippen molar-refractivity contribution in [2.24, 2.45) is 0 Å². The molecule has 5 heteroatoms. The van der Waals surface area contributed by atoms with Gasteiger partial charge in [-0.05, 0) is 39.9 Å². The number of anilines is 2. The first-order valence-electron chi connectivity index (χ1n) is 7.65. The van der Waals surface area contributed by atoms with Crippen LogP contribution in [0.3, 0.4) is 0 Å². The summed E-state index contributed by atoms with van der Waals surface area (Å²) in [6, 6.07) is 0. The van der Waals surface area contributed by atoms with Crippen molar-refractivity contribution in [3.05, 3.63) is 11.9 Å². The molecule has 114 valence electrons. The Hall–Kier alpha value is -1.36. The van der Waals surface area contributed by atoms with Crippen LogP contribution in [0.5, 0.6) is 0 Å². The quantitative estimate of drug-likeness (QED) is 0.645. The second-order valence-electron chi connectivity index (χ2n) is 5.31. The van der Waals surface area contributed by atoms with Gasteiger partial charge in [0.2, 0.25) is 0 Å². The van der Waals surface area contributed by atoms with Gasteiger partial charge in [-0.2, -0.15) is 0 Å². The van der Waals surface area contributed by atoms with Crippen molar-refractivity contribution in [2.45, 2.75) is 39.5 Å². The zero-order chi connectivity index (χ0) is 14.8. The third kappa shape index (κ3) is 5.74. The molecule has 1 heterocycles. The number of aromatic nitrogens is 2. The highest BCUT2D eigenvalue weighted by atomic mass is 15.1. The molecule has 0 saturated carbocycles. The molecule has 2 N–H and O–H groups in total. The highest BCUT2D eigenvalue weighted by Gasteiger charge is 2.09. The summed E-state index contributed by atoms with van der Waals surface area (Å²) in [6.07, 6.45) is 5.95. The Morgan fingerprint density at radius 2 is 1.65 bits per heavy atom. The van der Waals surface area contributed by atoms with Gasteiger partial charge in [0.25, 0.3) is 0 Å². The first-order valence-corrected chi connectivity index (χ1v) is 7.65. The first kappa shape index (κ1) is 16.7. The van der Waals surface area contributed by atoms with Gasteiger partial charge >= 0.3 is 0 Å². The third-order valence-corrected chi connectivity index (χ3v) is 3.06. The molecular weight excluding hydrogens is 250 g/mol. The second-order valence-corrected chi connectivity index (χ2v) is 5.31. The Kier molecular flexibility index (Phi) is 7.95. The topological polar surface area (TPSA) is 53.1 Å². The van der Waals surface area contributed by atoms with Crippen LogP contribution in [0, 0.1) is 0 Å². The zero-order valence-corrected chi connectivity index (χ0v) is 13.4. The number of rotatable bonds is 10. The maximum Gasteiger partial charge on any atom is 0.134 e. The van der Waals surface area contributed by atoms with E-state index in [0.29, 0.717) is 0 Å². The second kappa shape index (κ2) is 9.53. The molecule has 0 aliphatic rings. The van der Waals surface area contributed by atoms with Gasteiger partial charge in [-0.15, -0.1) is 0 Å². The fraction of sp³-hybridized carbons (Fsp3) is 0.733. The normalized spacial score (nSPS) is 10.8. The summed E-state index contributed by atoms with van der Waals surface area (Å²) in [5.41, 5.74) is 1.22. The summed E-state index contributed by atoms with van der Waals surface area (Å²) in [7, 11) is 4.19. The van der Waals surface area contributed by atoms with Crippen LogP contribution in [0.25, 0.3) is 0 Å². The number of nitrogens with one attached hydrogen (secondary N) is 2. The molecular formula is C15H29N5. The van der Waals surface area contributed by atoms with Crippen molar-refractivity contribution in [1.29, 1.82) is 0 Å². The highest BCUT2D eigenvalue weighted by molar-refractivity contribution is 5.57. The van der Waals surface area contributed by atoms with E-state index in [-0.39, 0.29) is 0 Å². The van der Waals surface area contributed by atoms with Gasteiger partial charge in [0.15, 0.2) is 0 Å². The number of hydrogen-bond donors (Lipinski definition) is 2. The van der Waals surface area contributed by atoms with Gasteiger partial charge in [0.1, 0.15) is 18.0 Å². The highest BCUT2D eigenvalue weighted by Crippen LogP contribution is 2.21. The lowest BCUT2D eigenvalue weighted by Crippen LogP contribution is -2.17. The van der Waals surface area contributed by atoms with E-state index in [0.717, 1.165) is 57.0 Å². The van der Waals surface area contributed by atoms with E-state index in [9.17, 15) is 0 Å². The molecule has 0 spiro atoms. The van der Waals surface area contributed by atoms with Crippen molar-refractivity contribution >= 4 is 11.6 Å². The van der Waals surface area contributed by atoms with Crippen molar-refractivity contribution in [3.8, 4) is 0 Å². The molecule has 5 nitrogen and oxygen atoms in total. The van der Waals surface area contributed by atoms with Crippen molar-refractivity contribution in [3.63, 3.8) is 0 Å². The monoisotopic (exact) mass is 279 g/mol. The lowest BCUT2D eigenvalue weighted by atomic mass is 10.1. The molecule has 0 radical (unpaired) electrons. The average Bonchev–Trinajstić information content (AvgIpc) is 2.43. The SMILES string of the molecule is CCCNc1ncnc(NCCCN(C)C)c1CCC. The van der Waals surface area contributed by atoms with Gasteiger partial charge in [0, 0.05) is 18.7 Å². The maximum absolute atomic E-state index is 4.41. The smallest absolute Gasteiger partial charge is 0.134 e. The van der Waals surface area contributed by atoms with Crippen LogP contribution in [-0.2, 0) is 6.42 Å². The third-order valence-electron chi connectivity index (χ3n) is 3.06. The van der Waals surface area contributed by atoms with Crippen LogP contribution >= 0.6 is 0 Å². The Balaban J connectivity index is 2.67. The molecule has 1 aromatic heterocycles. The Morgan fingerprint density at radius 3 is 2.20 bits per heavy atom. The van der Waals surface area contributed by atoms with E-state index >= 15 is 0 Å². The summed E-state index contributed by atoms with van der Waals surface area (Å²) in [6.45, 7) is 7.33. The lowest BCUT2D eigenvalue weighted by molar-refractivity contribution is 0.405. The summed E-state index contributed by atoms with van der Waals surface area (Å²) in [5, 5.41) is 6.85. The molecule has 0 aromatic carbocycles. The predicted octanol–water partition coefficient (Wildman–Crippen LogP) is 2.61. The average molecular weight is 279 g/mol. The van der Waals surface area contributed by atoms with Crippen LogP contribution in [-0.4, -0.2) is 48.6 Å². The van der Waals surface area contributed by atoms with E-state index in [2.05, 4.69) is 53.4 Å². The van der Waals surface area contributed by atoms with Gasteiger partial charge in [-0.25, -0.2) is 9.97 Å². The van der Waals surface area contributed by atoms with Gasteiger partial charge in [0.05, 0.1) is 0 Å². The summed E-state index contributed by atoms with van der Waals surface area (Å²) >= 11 is 0. The largest absolute Gasteiger partial charge is 0.370 e. The number of nitrogens with zero attached hydrogens (tertiary/aromatic N) is 3. The molecule has 0 unspecified atom stereocenters. The fourth-order valence-electron chi connectivity index (χ4n) is 2.05. The molecule has 0 amide bonds. The lowest BCUT2D eigenvalue weighted by Gasteiger charge is -2.15. The molecule has 0 aliphatic carbocycles. The van der Waals surface area contributed by atoms with E-state index in [1.807, 2.05) is 0 Å². The fourth-order valence-corrected chi connectivity index (χ4v) is 2.05. The molecule has 0 fully saturated rings. The van der Waals surface area contributed by atoms with E-state index in [1.165, 1.54) is 5.56 Å². The molecule has 0 bridgehead atoms. The Morgan fingerprint density at radius 1 is 1.00 bits per heavy atom. The predicted molar refractivity (Wildman–Crippen MR) is 86.5 cm³/mol. The Bertz CT molecular complexity index is 379. The van der Waals surface area contributed by atoms with Crippen LogP contribution in [0.1, 0.15) is 38.7 Å². The molecule has 0 atom stereocenters. The van der Waals surface area contributed by atoms with Crippen LogP contribution in [0.15, 0.2) is 6.33 Å². The van der Waals surface area contributed by atoms with Crippen molar-refractivity contribution < 1.29 is 0 Å². The molecule has 0 saturated heterocycles. The first-order chi connectivity index (χ1) is 9.69. The summed E-state index contributed by atoms with van der Waals surface area (Å²) in [5.74, 6) is 1.97. The zero-order valence-electron chi connectivity index (χ0n) is 13.4. The van der Waals surface area contributed by atoms with Crippen molar-refractivity contribution in [1.82, 2.24) is 14.9 Å². The van der Waals surface area contributed by atoms with Crippen LogP contribution in [0.2, 0.25) is 0 Å². The summed E-state index contributed by atoms with van der Waals surface area (Å²) in [4.78, 5) is 11.0. The molecule has 1 rings (SSSR count). The maximum atomic E-state index is 4.41. The minimum atomic E-state index is 0.944. The Labute approximate surface area is 123 Å². The van der Waals surface area contributed by atoms with E-state index < -0.39 is 0 Å². The van der Waals surface area contributed by atoms with Crippen molar-refractivity contribution in [2.75, 3.05) is 44.4 Å². The van der Waals surface area contributed by atoms with Crippen LogP contribution < -0.4 is 10.6 Å².